The zero-order valence-electron chi connectivity index (χ0n) is 14.8. The Labute approximate surface area is 152 Å². The van der Waals surface area contributed by atoms with Crippen molar-refractivity contribution in [2.45, 2.75) is 38.5 Å². The van der Waals surface area contributed by atoms with Crippen LogP contribution >= 0.6 is 0 Å². The summed E-state index contributed by atoms with van der Waals surface area (Å²) in [5.41, 5.74) is 1.66. The summed E-state index contributed by atoms with van der Waals surface area (Å²) < 4.78 is 1.73. The quantitative estimate of drug-likeness (QED) is 0.836. The largest absolute Gasteiger partial charge is 0.389 e. The molecule has 1 fully saturated rings. The van der Waals surface area contributed by atoms with E-state index in [1.165, 1.54) is 0 Å². The van der Waals surface area contributed by atoms with Gasteiger partial charge in [0.25, 0.3) is 5.91 Å². The Morgan fingerprint density at radius 1 is 1.31 bits per heavy atom. The van der Waals surface area contributed by atoms with E-state index in [0.29, 0.717) is 31.5 Å². The van der Waals surface area contributed by atoms with Crippen LogP contribution in [0.4, 0.5) is 0 Å². The second kappa shape index (κ2) is 8.14. The van der Waals surface area contributed by atoms with Crippen LogP contribution in [0, 0.1) is 6.92 Å². The van der Waals surface area contributed by atoms with Crippen molar-refractivity contribution < 1.29 is 14.7 Å². The van der Waals surface area contributed by atoms with Crippen molar-refractivity contribution in [3.63, 3.8) is 0 Å². The summed E-state index contributed by atoms with van der Waals surface area (Å²) >= 11 is 0. The van der Waals surface area contributed by atoms with Gasteiger partial charge in [-0.2, -0.15) is 5.10 Å². The summed E-state index contributed by atoms with van der Waals surface area (Å²) in [5, 5.41) is 17.4. The van der Waals surface area contributed by atoms with Crippen molar-refractivity contribution in [3.8, 4) is 0 Å². The lowest BCUT2D eigenvalue weighted by Gasteiger charge is -2.36. The van der Waals surface area contributed by atoms with Crippen molar-refractivity contribution in [2.75, 3.05) is 13.1 Å². The molecule has 7 nitrogen and oxygen atoms in total. The Morgan fingerprint density at radius 2 is 2.08 bits per heavy atom. The van der Waals surface area contributed by atoms with E-state index in [9.17, 15) is 14.7 Å². The van der Waals surface area contributed by atoms with Gasteiger partial charge in [0.1, 0.15) is 0 Å². The van der Waals surface area contributed by atoms with Gasteiger partial charge in [0.2, 0.25) is 5.91 Å². The number of aryl methyl sites for hydroxylation is 2. The number of carbonyl (C=O) groups excluding carboxylic acids is 2. The number of nitrogens with one attached hydrogen (secondary N) is 1. The minimum atomic E-state index is -0.771. The third kappa shape index (κ3) is 4.49. The zero-order chi connectivity index (χ0) is 18.5. The minimum Gasteiger partial charge on any atom is -0.389 e. The molecule has 1 aromatic heterocycles. The van der Waals surface area contributed by atoms with Gasteiger partial charge in [-0.15, -0.1) is 0 Å². The van der Waals surface area contributed by atoms with Crippen molar-refractivity contribution in [3.05, 3.63) is 53.9 Å². The first-order valence-electron chi connectivity index (χ1n) is 8.84. The van der Waals surface area contributed by atoms with Crippen molar-refractivity contribution in [1.29, 1.82) is 0 Å². The zero-order valence-corrected chi connectivity index (χ0v) is 14.8. The van der Waals surface area contributed by atoms with Gasteiger partial charge in [-0.1, -0.05) is 18.2 Å². The SMILES string of the molecule is Cc1cnn(CCC(=O)N[C@@H]2CCN(C(=O)c3ccccc3)C[C@H]2O)c1. The molecular weight excluding hydrogens is 332 g/mol. The smallest absolute Gasteiger partial charge is 0.253 e. The average Bonchev–Trinajstić information content (AvgIpc) is 3.07. The summed E-state index contributed by atoms with van der Waals surface area (Å²) in [6.07, 6.45) is 3.70. The molecule has 7 heteroatoms. The Kier molecular flexibility index (Phi) is 5.68. The summed E-state index contributed by atoms with van der Waals surface area (Å²) in [4.78, 5) is 26.2. The van der Waals surface area contributed by atoms with Crippen LogP contribution < -0.4 is 5.32 Å². The maximum absolute atomic E-state index is 12.5. The predicted octanol–water partition coefficient (Wildman–Crippen LogP) is 0.973. The fraction of sp³-hybridized carbons (Fsp3) is 0.421. The number of aliphatic hydroxyl groups is 1. The van der Waals surface area contributed by atoms with Gasteiger partial charge < -0.3 is 15.3 Å². The number of amides is 2. The topological polar surface area (TPSA) is 87.5 Å². The minimum absolute atomic E-state index is 0.0940. The molecule has 26 heavy (non-hydrogen) atoms. The molecule has 2 atom stereocenters. The molecule has 1 saturated heterocycles. The van der Waals surface area contributed by atoms with Gasteiger partial charge in [0, 0.05) is 37.8 Å². The fourth-order valence-corrected chi connectivity index (χ4v) is 3.13. The molecule has 2 aromatic rings. The monoisotopic (exact) mass is 356 g/mol. The van der Waals surface area contributed by atoms with Crippen molar-refractivity contribution in [2.24, 2.45) is 0 Å². The molecule has 0 unspecified atom stereocenters. The van der Waals surface area contributed by atoms with E-state index in [1.807, 2.05) is 31.3 Å². The van der Waals surface area contributed by atoms with E-state index in [0.717, 1.165) is 5.56 Å². The molecular formula is C19H24N4O3. The molecule has 1 aliphatic heterocycles. The number of aliphatic hydroxyl groups excluding tert-OH is 1. The van der Waals surface area contributed by atoms with E-state index >= 15 is 0 Å². The maximum atomic E-state index is 12.5. The van der Waals surface area contributed by atoms with Gasteiger partial charge in [0.05, 0.1) is 18.3 Å². The molecule has 2 amide bonds. The number of hydrogen-bond donors (Lipinski definition) is 2. The van der Waals surface area contributed by atoms with E-state index in [4.69, 9.17) is 0 Å². The van der Waals surface area contributed by atoms with Crippen LogP contribution in [0.5, 0.6) is 0 Å². The highest BCUT2D eigenvalue weighted by Gasteiger charge is 2.31. The standard InChI is InChI=1S/C19H24N4O3/c1-14-11-20-23(12-14)10-8-18(25)21-16-7-9-22(13-17(16)24)19(26)15-5-3-2-4-6-15/h2-6,11-12,16-17,24H,7-10,13H2,1H3,(H,21,25)/t16-,17-/m1/s1. The number of benzene rings is 1. The molecule has 0 aliphatic carbocycles. The van der Waals surface area contributed by atoms with Crippen molar-refractivity contribution >= 4 is 11.8 Å². The van der Waals surface area contributed by atoms with Crippen LogP contribution in [-0.2, 0) is 11.3 Å². The van der Waals surface area contributed by atoms with Crippen LogP contribution in [0.3, 0.4) is 0 Å². The lowest BCUT2D eigenvalue weighted by atomic mass is 10.0. The summed E-state index contributed by atoms with van der Waals surface area (Å²) in [6, 6.07) is 8.69. The number of β-amino-alcohol motifs (C(OH)–C–C–N with tert-alkyl or cyclic N) is 1. The molecule has 2 heterocycles. The number of nitrogens with zero attached hydrogens (tertiary/aromatic N) is 3. The lowest BCUT2D eigenvalue weighted by molar-refractivity contribution is -0.123. The Hall–Kier alpha value is -2.67. The number of rotatable bonds is 5. The summed E-state index contributed by atoms with van der Waals surface area (Å²) in [5.74, 6) is -0.214. The fourth-order valence-electron chi connectivity index (χ4n) is 3.13. The number of aromatic nitrogens is 2. The average molecular weight is 356 g/mol. The molecule has 3 rings (SSSR count). The maximum Gasteiger partial charge on any atom is 0.253 e. The van der Waals surface area contributed by atoms with E-state index in [2.05, 4.69) is 10.4 Å². The first kappa shape index (κ1) is 18.1. The second-order valence-corrected chi connectivity index (χ2v) is 6.68. The normalized spacial score (nSPS) is 20.0. The third-order valence-electron chi connectivity index (χ3n) is 4.57. The Bertz CT molecular complexity index is 759. The molecule has 1 aliphatic rings. The summed E-state index contributed by atoms with van der Waals surface area (Å²) in [7, 11) is 0. The van der Waals surface area contributed by atoms with Crippen LogP contribution in [0.1, 0.15) is 28.8 Å². The van der Waals surface area contributed by atoms with Gasteiger partial charge in [-0.25, -0.2) is 0 Å². The Balaban J connectivity index is 1.47. The molecule has 2 N–H and O–H groups in total. The van der Waals surface area contributed by atoms with Crippen LogP contribution in [0.25, 0.3) is 0 Å². The van der Waals surface area contributed by atoms with Gasteiger partial charge in [0.15, 0.2) is 0 Å². The molecule has 138 valence electrons. The van der Waals surface area contributed by atoms with E-state index in [-0.39, 0.29) is 24.4 Å². The predicted molar refractivity (Wildman–Crippen MR) is 96.5 cm³/mol. The highest BCUT2D eigenvalue weighted by Crippen LogP contribution is 2.15. The molecule has 0 saturated carbocycles. The third-order valence-corrected chi connectivity index (χ3v) is 4.57. The molecule has 0 spiro atoms. The molecule has 0 radical (unpaired) electrons. The highest BCUT2D eigenvalue weighted by molar-refractivity contribution is 5.94. The summed E-state index contributed by atoms with van der Waals surface area (Å²) in [6.45, 7) is 3.18. The first-order chi connectivity index (χ1) is 12.5. The number of hydrogen-bond acceptors (Lipinski definition) is 4. The lowest BCUT2D eigenvalue weighted by Crippen LogP contribution is -2.55. The van der Waals surface area contributed by atoms with Gasteiger partial charge in [-0.05, 0) is 31.0 Å². The number of likely N-dealkylation sites (tertiary alicyclic amines) is 1. The number of carbonyl (C=O) groups is 2. The highest BCUT2D eigenvalue weighted by atomic mass is 16.3. The van der Waals surface area contributed by atoms with Gasteiger partial charge >= 0.3 is 0 Å². The Morgan fingerprint density at radius 3 is 2.73 bits per heavy atom. The van der Waals surface area contributed by atoms with E-state index < -0.39 is 6.10 Å². The van der Waals surface area contributed by atoms with Crippen LogP contribution in [-0.4, -0.2) is 56.8 Å². The van der Waals surface area contributed by atoms with Crippen LogP contribution in [0.15, 0.2) is 42.7 Å². The first-order valence-corrected chi connectivity index (χ1v) is 8.84. The number of piperidine rings is 1. The van der Waals surface area contributed by atoms with Crippen LogP contribution in [0.2, 0.25) is 0 Å². The van der Waals surface area contributed by atoms with Crippen molar-refractivity contribution in [1.82, 2.24) is 20.0 Å². The molecule has 0 bridgehead atoms. The van der Waals surface area contributed by atoms with E-state index in [1.54, 1.807) is 27.9 Å². The second-order valence-electron chi connectivity index (χ2n) is 6.68. The van der Waals surface area contributed by atoms with Gasteiger partial charge in [-0.3, -0.25) is 14.3 Å². The molecule has 1 aromatic carbocycles.